The Balaban J connectivity index is 1.22. The van der Waals surface area contributed by atoms with Gasteiger partial charge in [0, 0.05) is 23.0 Å². The molecule has 180 valence electrons. The Morgan fingerprint density at radius 2 is 1.67 bits per heavy atom. The van der Waals surface area contributed by atoms with Gasteiger partial charge in [-0.3, -0.25) is 20.2 Å². The summed E-state index contributed by atoms with van der Waals surface area (Å²) in [5, 5.41) is 10.4. The first-order valence-electron chi connectivity index (χ1n) is 11.3. The number of pyridine rings is 1. The molecular formula is C25H19ClN6O4. The van der Waals surface area contributed by atoms with Crippen LogP contribution in [0.1, 0.15) is 12.8 Å². The topological polar surface area (TPSA) is 118 Å². The predicted molar refractivity (Wildman–Crippen MR) is 131 cm³/mol. The number of hydrogen-bond donors (Lipinski definition) is 2. The lowest BCUT2D eigenvalue weighted by molar-refractivity contribution is -0.137. The number of ether oxygens (including phenoxy) is 1. The third kappa shape index (κ3) is 3.54. The van der Waals surface area contributed by atoms with Crippen LogP contribution in [-0.2, 0) is 9.59 Å². The van der Waals surface area contributed by atoms with E-state index < -0.39 is 23.4 Å². The van der Waals surface area contributed by atoms with Gasteiger partial charge >= 0.3 is 6.03 Å². The van der Waals surface area contributed by atoms with Gasteiger partial charge < -0.3 is 9.64 Å². The van der Waals surface area contributed by atoms with Gasteiger partial charge in [0.2, 0.25) is 5.88 Å². The van der Waals surface area contributed by atoms with Crippen LogP contribution in [0.4, 0.5) is 10.5 Å². The van der Waals surface area contributed by atoms with Crippen molar-refractivity contribution >= 4 is 46.0 Å². The molecule has 10 nitrogen and oxygen atoms in total. The van der Waals surface area contributed by atoms with Crippen LogP contribution in [0.25, 0.3) is 16.6 Å². The first kappa shape index (κ1) is 22.1. The van der Waals surface area contributed by atoms with E-state index in [1.165, 1.54) is 0 Å². The summed E-state index contributed by atoms with van der Waals surface area (Å²) in [6, 6.07) is 15.6. The molecule has 4 amide bonds. The number of anilines is 1. The van der Waals surface area contributed by atoms with Crippen LogP contribution in [0, 0.1) is 0 Å². The van der Waals surface area contributed by atoms with Crippen molar-refractivity contribution in [1.29, 1.82) is 0 Å². The van der Waals surface area contributed by atoms with E-state index in [1.807, 2.05) is 47.1 Å². The molecule has 0 aliphatic carbocycles. The van der Waals surface area contributed by atoms with Crippen molar-refractivity contribution in [3.8, 4) is 17.3 Å². The monoisotopic (exact) mass is 502 g/mol. The lowest BCUT2D eigenvalue weighted by Gasteiger charge is -2.38. The van der Waals surface area contributed by atoms with E-state index in [0.29, 0.717) is 41.7 Å². The number of fused-ring (bicyclic) bond motifs is 1. The number of rotatable bonds is 4. The fourth-order valence-electron chi connectivity index (χ4n) is 4.76. The van der Waals surface area contributed by atoms with Crippen LogP contribution in [0.2, 0.25) is 5.02 Å². The number of amides is 4. The molecule has 36 heavy (non-hydrogen) atoms. The fraction of sp³-hybridized carbons (Fsp3) is 0.160. The molecule has 0 bridgehead atoms. The standard InChI is InChI=1S/C25H19ClN6O4/c26-16-2-4-17(5-3-16)32-20-8-7-19(12-15(20)13-28-32)36-21-9-6-18(14-27-21)31-11-1-10-25(31)22(33)29-24(35)30-23(25)34/h2-9,12-14H,1,10-11H2,(H2,29,30,33,34,35). The molecule has 0 unspecified atom stereocenters. The lowest BCUT2D eigenvalue weighted by Crippen LogP contribution is -2.71. The Labute approximate surface area is 209 Å². The zero-order chi connectivity index (χ0) is 24.9. The summed E-state index contributed by atoms with van der Waals surface area (Å²) in [6.45, 7) is 0.477. The van der Waals surface area contributed by atoms with Crippen molar-refractivity contribution in [2.24, 2.45) is 0 Å². The highest BCUT2D eigenvalue weighted by Gasteiger charge is 2.57. The summed E-state index contributed by atoms with van der Waals surface area (Å²) in [4.78, 5) is 42.9. The number of benzene rings is 2. The first-order valence-corrected chi connectivity index (χ1v) is 11.6. The first-order chi connectivity index (χ1) is 17.4. The lowest BCUT2D eigenvalue weighted by atomic mass is 9.92. The molecule has 0 saturated carbocycles. The molecule has 2 aromatic heterocycles. The minimum Gasteiger partial charge on any atom is -0.439 e. The molecular weight excluding hydrogens is 484 g/mol. The fourth-order valence-corrected chi connectivity index (χ4v) is 4.89. The molecule has 0 atom stereocenters. The second-order valence-corrected chi connectivity index (χ2v) is 9.00. The highest BCUT2D eigenvalue weighted by molar-refractivity contribution is 6.30. The van der Waals surface area contributed by atoms with Gasteiger partial charge in [-0.2, -0.15) is 5.10 Å². The van der Waals surface area contributed by atoms with Crippen molar-refractivity contribution in [3.05, 3.63) is 72.0 Å². The van der Waals surface area contributed by atoms with Gasteiger partial charge in [0.15, 0.2) is 5.54 Å². The smallest absolute Gasteiger partial charge is 0.328 e. The molecule has 4 heterocycles. The van der Waals surface area contributed by atoms with Gasteiger partial charge in [-0.15, -0.1) is 0 Å². The van der Waals surface area contributed by atoms with Gasteiger partial charge in [-0.05, 0) is 61.4 Å². The molecule has 4 aromatic rings. The molecule has 2 aliphatic rings. The number of nitrogens with zero attached hydrogens (tertiary/aromatic N) is 4. The minimum absolute atomic E-state index is 0.305. The Bertz CT molecular complexity index is 1500. The van der Waals surface area contributed by atoms with Crippen LogP contribution >= 0.6 is 11.6 Å². The maximum Gasteiger partial charge on any atom is 0.328 e. The third-order valence-corrected chi connectivity index (χ3v) is 6.70. The molecule has 2 fully saturated rings. The maximum atomic E-state index is 12.7. The Hall–Kier alpha value is -4.44. The zero-order valence-corrected chi connectivity index (χ0v) is 19.5. The summed E-state index contributed by atoms with van der Waals surface area (Å²) in [6.07, 6.45) is 4.23. The van der Waals surface area contributed by atoms with Gasteiger partial charge in [-0.25, -0.2) is 14.5 Å². The number of urea groups is 1. The normalized spacial score (nSPS) is 16.9. The van der Waals surface area contributed by atoms with Gasteiger partial charge in [0.25, 0.3) is 11.8 Å². The summed E-state index contributed by atoms with van der Waals surface area (Å²) in [7, 11) is 0. The third-order valence-electron chi connectivity index (χ3n) is 6.45. The Kier molecular flexibility index (Phi) is 5.11. The van der Waals surface area contributed by atoms with Crippen LogP contribution in [-0.4, -0.2) is 44.7 Å². The number of carbonyl (C=O) groups excluding carboxylic acids is 3. The molecule has 2 aliphatic heterocycles. The van der Waals surface area contributed by atoms with Crippen molar-refractivity contribution in [2.75, 3.05) is 11.4 Å². The van der Waals surface area contributed by atoms with E-state index >= 15 is 0 Å². The molecule has 2 saturated heterocycles. The van der Waals surface area contributed by atoms with Crippen molar-refractivity contribution < 1.29 is 19.1 Å². The zero-order valence-electron chi connectivity index (χ0n) is 18.8. The van der Waals surface area contributed by atoms with E-state index in [1.54, 1.807) is 29.4 Å². The van der Waals surface area contributed by atoms with Crippen molar-refractivity contribution in [1.82, 2.24) is 25.4 Å². The van der Waals surface area contributed by atoms with E-state index in [2.05, 4.69) is 20.7 Å². The summed E-state index contributed by atoms with van der Waals surface area (Å²) < 4.78 is 7.76. The van der Waals surface area contributed by atoms with Crippen LogP contribution in [0.3, 0.4) is 0 Å². The summed E-state index contributed by atoms with van der Waals surface area (Å²) in [5.74, 6) is -0.312. The highest BCUT2D eigenvalue weighted by atomic mass is 35.5. The number of carbonyl (C=O) groups is 3. The molecule has 1 spiro atoms. The number of nitrogens with one attached hydrogen (secondary N) is 2. The average Bonchev–Trinajstić information content (AvgIpc) is 3.49. The van der Waals surface area contributed by atoms with Crippen molar-refractivity contribution in [2.45, 2.75) is 18.4 Å². The number of aromatic nitrogens is 3. The molecule has 11 heteroatoms. The SMILES string of the molecule is O=C1NC(=O)C2(CCCN2c2ccc(Oc3ccc4c(cnn4-c4ccc(Cl)cc4)c3)nc2)C(=O)N1. The second-order valence-electron chi connectivity index (χ2n) is 8.56. The number of barbiturate groups is 1. The largest absolute Gasteiger partial charge is 0.439 e. The van der Waals surface area contributed by atoms with E-state index in [0.717, 1.165) is 16.6 Å². The van der Waals surface area contributed by atoms with E-state index in [4.69, 9.17) is 16.3 Å². The number of halogens is 1. The maximum absolute atomic E-state index is 12.7. The van der Waals surface area contributed by atoms with Crippen LogP contribution in [0.15, 0.2) is 67.0 Å². The minimum atomic E-state index is -1.47. The van der Waals surface area contributed by atoms with Crippen molar-refractivity contribution in [3.63, 3.8) is 0 Å². The second kappa shape index (κ2) is 8.35. The van der Waals surface area contributed by atoms with E-state index in [-0.39, 0.29) is 0 Å². The molecule has 6 rings (SSSR count). The van der Waals surface area contributed by atoms with Crippen LogP contribution in [0.5, 0.6) is 11.6 Å². The highest BCUT2D eigenvalue weighted by Crippen LogP contribution is 2.36. The van der Waals surface area contributed by atoms with Gasteiger partial charge in [-0.1, -0.05) is 11.6 Å². The van der Waals surface area contributed by atoms with E-state index in [9.17, 15) is 14.4 Å². The predicted octanol–water partition coefficient (Wildman–Crippen LogP) is 3.57. The number of imide groups is 2. The molecule has 2 aromatic carbocycles. The number of hydrogen-bond acceptors (Lipinski definition) is 7. The molecule has 2 N–H and O–H groups in total. The Morgan fingerprint density at radius 3 is 2.39 bits per heavy atom. The molecule has 0 radical (unpaired) electrons. The Morgan fingerprint density at radius 1 is 0.917 bits per heavy atom. The summed E-state index contributed by atoms with van der Waals surface area (Å²) >= 11 is 5.99. The van der Waals surface area contributed by atoms with Gasteiger partial charge in [0.1, 0.15) is 5.75 Å². The van der Waals surface area contributed by atoms with Gasteiger partial charge in [0.05, 0.1) is 29.3 Å². The summed E-state index contributed by atoms with van der Waals surface area (Å²) in [5.41, 5.74) is 0.923. The van der Waals surface area contributed by atoms with Crippen LogP contribution < -0.4 is 20.3 Å². The average molecular weight is 503 g/mol. The quantitative estimate of drug-likeness (QED) is 0.409.